The molecule has 1 aromatic carbocycles. The molecule has 1 atom stereocenters. The summed E-state index contributed by atoms with van der Waals surface area (Å²) < 4.78 is 19.2. The van der Waals surface area contributed by atoms with Crippen molar-refractivity contribution < 1.29 is 23.8 Å². The van der Waals surface area contributed by atoms with Gasteiger partial charge in [0.15, 0.2) is 0 Å². The Labute approximate surface area is 145 Å². The Balaban J connectivity index is 1.44. The summed E-state index contributed by atoms with van der Waals surface area (Å²) in [5.74, 6) is 0. The fourth-order valence-corrected chi connectivity index (χ4v) is 3.13. The molecule has 0 saturated carbocycles. The third-order valence-corrected chi connectivity index (χ3v) is 4.62. The Bertz CT molecular complexity index is 609. The number of carbonyl (C=O) groups excluding carboxylic acids is 1. The standard InChI is InChI=1S/C17H22FN3O4/c18-14-8-19(6-7-20(9-14)16(22)23)15-10-21(11-15)17(24)25-12-13-4-2-1-3-5-13/h1-5,14-15H,6-12H2,(H,22,23)/t14-/m1/s1. The van der Waals surface area contributed by atoms with Crippen LogP contribution in [0.3, 0.4) is 0 Å². The van der Waals surface area contributed by atoms with Crippen molar-refractivity contribution in [2.24, 2.45) is 0 Å². The summed E-state index contributed by atoms with van der Waals surface area (Å²) in [6.45, 7) is 2.04. The average Bonchev–Trinajstić information content (AvgIpc) is 2.74. The van der Waals surface area contributed by atoms with Crippen molar-refractivity contribution in [1.82, 2.24) is 14.7 Å². The molecule has 0 bridgehead atoms. The van der Waals surface area contributed by atoms with Gasteiger partial charge in [-0.25, -0.2) is 14.0 Å². The van der Waals surface area contributed by atoms with Crippen LogP contribution < -0.4 is 0 Å². The van der Waals surface area contributed by atoms with Crippen LogP contribution >= 0.6 is 0 Å². The maximum Gasteiger partial charge on any atom is 0.410 e. The zero-order valence-electron chi connectivity index (χ0n) is 13.9. The molecule has 7 nitrogen and oxygen atoms in total. The number of carboxylic acid groups (broad SMARTS) is 1. The second kappa shape index (κ2) is 7.69. The highest BCUT2D eigenvalue weighted by Gasteiger charge is 2.38. The number of ether oxygens (including phenoxy) is 1. The first kappa shape index (κ1) is 17.5. The Hall–Kier alpha value is -2.35. The molecule has 0 spiro atoms. The Morgan fingerprint density at radius 3 is 2.48 bits per heavy atom. The SMILES string of the molecule is O=C(O)N1CCN(C2CN(C(=O)OCc3ccccc3)C2)C[C@@H](F)C1. The van der Waals surface area contributed by atoms with Crippen LogP contribution in [-0.4, -0.2) is 83.5 Å². The van der Waals surface area contributed by atoms with Gasteiger partial charge in [0.25, 0.3) is 0 Å². The van der Waals surface area contributed by atoms with Crippen LogP contribution in [0.15, 0.2) is 30.3 Å². The molecule has 8 heteroatoms. The molecular weight excluding hydrogens is 329 g/mol. The summed E-state index contributed by atoms with van der Waals surface area (Å²) in [5.41, 5.74) is 0.925. The van der Waals surface area contributed by atoms with Crippen molar-refractivity contribution in [2.75, 3.05) is 39.3 Å². The van der Waals surface area contributed by atoms with Gasteiger partial charge in [-0.1, -0.05) is 30.3 Å². The first-order valence-electron chi connectivity index (χ1n) is 8.34. The number of halogens is 1. The third-order valence-electron chi connectivity index (χ3n) is 4.62. The summed E-state index contributed by atoms with van der Waals surface area (Å²) in [6.07, 6.45) is -2.68. The number of hydrogen-bond acceptors (Lipinski definition) is 4. The smallest absolute Gasteiger partial charge is 0.410 e. The number of rotatable bonds is 3. The number of alkyl halides is 1. The maximum atomic E-state index is 13.9. The van der Waals surface area contributed by atoms with Gasteiger partial charge in [-0.3, -0.25) is 4.90 Å². The van der Waals surface area contributed by atoms with E-state index in [-0.39, 0.29) is 38.4 Å². The molecule has 0 unspecified atom stereocenters. The number of nitrogens with zero attached hydrogens (tertiary/aromatic N) is 3. The molecule has 3 rings (SSSR count). The zero-order chi connectivity index (χ0) is 17.8. The minimum atomic E-state index is -1.21. The lowest BCUT2D eigenvalue weighted by molar-refractivity contribution is 0.0151. The summed E-state index contributed by atoms with van der Waals surface area (Å²) in [7, 11) is 0. The predicted octanol–water partition coefficient (Wildman–Crippen LogP) is 1.64. The van der Waals surface area contributed by atoms with Gasteiger partial charge in [0, 0.05) is 38.8 Å². The van der Waals surface area contributed by atoms with Crippen molar-refractivity contribution in [2.45, 2.75) is 18.8 Å². The third kappa shape index (κ3) is 4.39. The molecule has 0 radical (unpaired) electrons. The van der Waals surface area contributed by atoms with E-state index in [1.54, 1.807) is 4.90 Å². The van der Waals surface area contributed by atoms with Crippen molar-refractivity contribution >= 4 is 12.2 Å². The summed E-state index contributed by atoms with van der Waals surface area (Å²) >= 11 is 0. The van der Waals surface area contributed by atoms with Gasteiger partial charge in [-0.05, 0) is 5.56 Å². The van der Waals surface area contributed by atoms with Crippen molar-refractivity contribution in [1.29, 1.82) is 0 Å². The minimum absolute atomic E-state index is 0.0521. The predicted molar refractivity (Wildman–Crippen MR) is 88.1 cm³/mol. The van der Waals surface area contributed by atoms with Gasteiger partial charge in [0.1, 0.15) is 12.8 Å². The quantitative estimate of drug-likeness (QED) is 0.896. The first-order chi connectivity index (χ1) is 12.0. The highest BCUT2D eigenvalue weighted by Crippen LogP contribution is 2.19. The van der Waals surface area contributed by atoms with E-state index >= 15 is 0 Å². The fourth-order valence-electron chi connectivity index (χ4n) is 3.13. The van der Waals surface area contributed by atoms with E-state index in [1.807, 2.05) is 35.2 Å². The molecule has 0 aliphatic carbocycles. The monoisotopic (exact) mass is 351 g/mol. The van der Waals surface area contributed by atoms with Crippen LogP contribution in [0, 0.1) is 0 Å². The molecule has 1 N–H and O–H groups in total. The number of hydrogen-bond donors (Lipinski definition) is 1. The molecule has 25 heavy (non-hydrogen) atoms. The molecular formula is C17H22FN3O4. The van der Waals surface area contributed by atoms with Gasteiger partial charge in [0.2, 0.25) is 0 Å². The van der Waals surface area contributed by atoms with E-state index in [1.165, 1.54) is 0 Å². The molecule has 2 saturated heterocycles. The highest BCUT2D eigenvalue weighted by molar-refractivity contribution is 5.69. The fraction of sp³-hybridized carbons (Fsp3) is 0.529. The lowest BCUT2D eigenvalue weighted by Gasteiger charge is -2.44. The van der Waals surface area contributed by atoms with Crippen LogP contribution in [-0.2, 0) is 11.3 Å². The van der Waals surface area contributed by atoms with Crippen molar-refractivity contribution in [3.63, 3.8) is 0 Å². The van der Waals surface area contributed by atoms with Gasteiger partial charge in [0.05, 0.1) is 6.54 Å². The second-order valence-corrected chi connectivity index (χ2v) is 6.42. The van der Waals surface area contributed by atoms with Gasteiger partial charge in [-0.15, -0.1) is 0 Å². The lowest BCUT2D eigenvalue weighted by Crippen LogP contribution is -2.62. The first-order valence-corrected chi connectivity index (χ1v) is 8.34. The molecule has 2 aliphatic heterocycles. The normalized spacial score (nSPS) is 22.2. The topological polar surface area (TPSA) is 73.3 Å². The Morgan fingerprint density at radius 1 is 1.08 bits per heavy atom. The maximum absolute atomic E-state index is 13.9. The zero-order valence-corrected chi connectivity index (χ0v) is 13.9. The van der Waals surface area contributed by atoms with Crippen LogP contribution in [0.2, 0.25) is 0 Å². The Kier molecular flexibility index (Phi) is 5.37. The number of likely N-dealkylation sites (tertiary alicyclic amines) is 1. The molecule has 1 aromatic rings. The van der Waals surface area contributed by atoms with Crippen molar-refractivity contribution in [3.8, 4) is 0 Å². The van der Waals surface area contributed by atoms with E-state index in [4.69, 9.17) is 9.84 Å². The summed E-state index contributed by atoms with van der Waals surface area (Å²) in [5, 5.41) is 9.02. The summed E-state index contributed by atoms with van der Waals surface area (Å²) in [6, 6.07) is 9.50. The number of carbonyl (C=O) groups is 2. The van der Waals surface area contributed by atoms with E-state index in [0.29, 0.717) is 19.6 Å². The van der Waals surface area contributed by atoms with Crippen LogP contribution in [0.5, 0.6) is 0 Å². The summed E-state index contributed by atoms with van der Waals surface area (Å²) in [4.78, 5) is 27.7. The lowest BCUT2D eigenvalue weighted by atomic mass is 10.1. The van der Waals surface area contributed by atoms with Gasteiger partial charge in [-0.2, -0.15) is 0 Å². The molecule has 2 fully saturated rings. The molecule has 2 aliphatic rings. The second-order valence-electron chi connectivity index (χ2n) is 6.42. The van der Waals surface area contributed by atoms with E-state index in [9.17, 15) is 14.0 Å². The van der Waals surface area contributed by atoms with E-state index in [0.717, 1.165) is 10.5 Å². The highest BCUT2D eigenvalue weighted by atomic mass is 19.1. The van der Waals surface area contributed by atoms with Crippen LogP contribution in [0.25, 0.3) is 0 Å². The minimum Gasteiger partial charge on any atom is -0.465 e. The van der Waals surface area contributed by atoms with Gasteiger partial charge < -0.3 is 19.6 Å². The molecule has 136 valence electrons. The largest absolute Gasteiger partial charge is 0.465 e. The van der Waals surface area contributed by atoms with E-state index in [2.05, 4.69) is 0 Å². The molecule has 2 heterocycles. The average molecular weight is 351 g/mol. The molecule has 2 amide bonds. The van der Waals surface area contributed by atoms with Gasteiger partial charge >= 0.3 is 12.2 Å². The molecule has 0 aromatic heterocycles. The number of benzene rings is 1. The Morgan fingerprint density at radius 2 is 1.80 bits per heavy atom. The van der Waals surface area contributed by atoms with Crippen LogP contribution in [0.4, 0.5) is 14.0 Å². The van der Waals surface area contributed by atoms with E-state index < -0.39 is 12.3 Å². The number of amides is 2. The van der Waals surface area contributed by atoms with Crippen molar-refractivity contribution in [3.05, 3.63) is 35.9 Å². The van der Waals surface area contributed by atoms with Crippen LogP contribution in [0.1, 0.15) is 5.56 Å².